The number of phenolic OH excluding ortho intramolecular Hbond substituents is 1. The Morgan fingerprint density at radius 2 is 1.70 bits per heavy atom. The van der Waals surface area contributed by atoms with Crippen molar-refractivity contribution < 1.29 is 9.90 Å². The molecule has 0 spiro atoms. The molecule has 0 aromatic heterocycles. The number of aromatic hydroxyl groups is 1. The molecule has 0 bridgehead atoms. The lowest BCUT2D eigenvalue weighted by Crippen LogP contribution is -2.43. The van der Waals surface area contributed by atoms with Gasteiger partial charge in [0.2, 0.25) is 5.91 Å². The van der Waals surface area contributed by atoms with E-state index in [-0.39, 0.29) is 17.6 Å². The molecule has 0 unspecified atom stereocenters. The minimum atomic E-state index is -0.0793. The second kappa shape index (κ2) is 8.39. The normalized spacial score (nSPS) is 14.7. The van der Waals surface area contributed by atoms with E-state index in [9.17, 15) is 9.90 Å². The van der Waals surface area contributed by atoms with Crippen molar-refractivity contribution in [2.24, 2.45) is 5.92 Å². The predicted molar refractivity (Wildman–Crippen MR) is 113 cm³/mol. The molecule has 1 heterocycles. The number of hydrogen-bond acceptors (Lipinski definition) is 3. The van der Waals surface area contributed by atoms with E-state index in [1.807, 2.05) is 12.1 Å². The first kappa shape index (κ1) is 19.2. The molecule has 0 atom stereocenters. The summed E-state index contributed by atoms with van der Waals surface area (Å²) in [6.45, 7) is 5.62. The molecular weight excluding hydrogens is 358 g/mol. The summed E-state index contributed by atoms with van der Waals surface area (Å²) in [5.74, 6) is -0.0453. The number of aryl methyl sites for hydroxylation is 1. The number of phenols is 1. The Morgan fingerprint density at radius 3 is 2.41 bits per heavy atom. The van der Waals surface area contributed by atoms with Crippen LogP contribution in [0.1, 0.15) is 24.0 Å². The van der Waals surface area contributed by atoms with Gasteiger partial charge in [-0.05, 0) is 68.2 Å². The van der Waals surface area contributed by atoms with Gasteiger partial charge in [0.25, 0.3) is 0 Å². The number of anilines is 2. The molecule has 1 saturated heterocycles. The lowest BCUT2D eigenvalue weighted by atomic mass is 9.96. The van der Waals surface area contributed by atoms with Crippen LogP contribution >= 0.6 is 12.2 Å². The van der Waals surface area contributed by atoms with E-state index in [1.165, 1.54) is 11.1 Å². The van der Waals surface area contributed by atoms with Crippen molar-refractivity contribution in [2.45, 2.75) is 26.7 Å². The standard InChI is InChI=1S/C21H25N3O2S/c1-14-6-5-8-17(15(14)2)23-21(27)24-12-10-16(11-13-24)20(26)22-18-7-3-4-9-19(18)25/h3-9,16,25H,10-13H2,1-2H3,(H,22,26)(H,23,27). The monoisotopic (exact) mass is 383 g/mol. The Morgan fingerprint density at radius 1 is 1.04 bits per heavy atom. The van der Waals surface area contributed by atoms with Crippen LogP contribution in [0.3, 0.4) is 0 Å². The van der Waals surface area contributed by atoms with Gasteiger partial charge in [-0.2, -0.15) is 0 Å². The average molecular weight is 384 g/mol. The van der Waals surface area contributed by atoms with E-state index >= 15 is 0 Å². The van der Waals surface area contributed by atoms with Crippen molar-refractivity contribution in [3.05, 3.63) is 53.6 Å². The van der Waals surface area contributed by atoms with Gasteiger partial charge in [0.1, 0.15) is 5.75 Å². The largest absolute Gasteiger partial charge is 0.506 e. The number of carbonyl (C=O) groups is 1. The van der Waals surface area contributed by atoms with Crippen molar-refractivity contribution in [1.29, 1.82) is 0 Å². The quantitative estimate of drug-likeness (QED) is 0.551. The molecule has 142 valence electrons. The Kier molecular flexibility index (Phi) is 5.96. The molecule has 0 saturated carbocycles. The molecule has 0 aliphatic carbocycles. The number of amides is 1. The van der Waals surface area contributed by atoms with E-state index in [4.69, 9.17) is 12.2 Å². The highest BCUT2D eigenvalue weighted by atomic mass is 32.1. The smallest absolute Gasteiger partial charge is 0.227 e. The Labute approximate surface area is 165 Å². The first-order valence-corrected chi connectivity index (χ1v) is 9.57. The highest BCUT2D eigenvalue weighted by molar-refractivity contribution is 7.80. The second-order valence-corrected chi connectivity index (χ2v) is 7.33. The van der Waals surface area contributed by atoms with Gasteiger partial charge in [-0.1, -0.05) is 24.3 Å². The fourth-order valence-electron chi connectivity index (χ4n) is 3.24. The molecule has 1 aliphatic rings. The van der Waals surface area contributed by atoms with Crippen LogP contribution < -0.4 is 10.6 Å². The van der Waals surface area contributed by atoms with Crippen LogP contribution in [0.25, 0.3) is 0 Å². The molecule has 5 nitrogen and oxygen atoms in total. The molecule has 2 aromatic carbocycles. The van der Waals surface area contributed by atoms with Crippen LogP contribution in [-0.2, 0) is 4.79 Å². The third kappa shape index (κ3) is 4.57. The van der Waals surface area contributed by atoms with Gasteiger partial charge in [0.15, 0.2) is 5.11 Å². The minimum absolute atomic E-state index is 0.0513. The summed E-state index contributed by atoms with van der Waals surface area (Å²) >= 11 is 5.57. The Bertz CT molecular complexity index is 845. The first-order valence-electron chi connectivity index (χ1n) is 9.16. The summed E-state index contributed by atoms with van der Waals surface area (Å²) in [5, 5.41) is 16.7. The van der Waals surface area contributed by atoms with Crippen LogP contribution in [-0.4, -0.2) is 34.1 Å². The number of benzene rings is 2. The fraction of sp³-hybridized carbons (Fsp3) is 0.333. The summed E-state index contributed by atoms with van der Waals surface area (Å²) in [4.78, 5) is 14.6. The van der Waals surface area contributed by atoms with Crippen molar-refractivity contribution in [1.82, 2.24) is 4.90 Å². The van der Waals surface area contributed by atoms with Crippen molar-refractivity contribution in [3.63, 3.8) is 0 Å². The Hall–Kier alpha value is -2.60. The van der Waals surface area contributed by atoms with Gasteiger partial charge in [0, 0.05) is 24.7 Å². The number of para-hydroxylation sites is 2. The second-order valence-electron chi connectivity index (χ2n) is 6.95. The summed E-state index contributed by atoms with van der Waals surface area (Å²) in [6.07, 6.45) is 1.46. The minimum Gasteiger partial charge on any atom is -0.506 e. The molecule has 6 heteroatoms. The van der Waals surface area contributed by atoms with Crippen molar-refractivity contribution in [2.75, 3.05) is 23.7 Å². The van der Waals surface area contributed by atoms with Gasteiger partial charge in [-0.15, -0.1) is 0 Å². The maximum Gasteiger partial charge on any atom is 0.227 e. The van der Waals surface area contributed by atoms with E-state index in [0.717, 1.165) is 31.6 Å². The van der Waals surface area contributed by atoms with Crippen molar-refractivity contribution >= 4 is 34.6 Å². The fourth-order valence-corrected chi connectivity index (χ4v) is 3.53. The zero-order valence-electron chi connectivity index (χ0n) is 15.7. The van der Waals surface area contributed by atoms with Gasteiger partial charge in [-0.3, -0.25) is 4.79 Å². The lowest BCUT2D eigenvalue weighted by molar-refractivity contribution is -0.121. The zero-order chi connectivity index (χ0) is 19.4. The number of rotatable bonds is 3. The van der Waals surface area contributed by atoms with Gasteiger partial charge in [-0.25, -0.2) is 0 Å². The number of hydrogen-bond donors (Lipinski definition) is 3. The highest BCUT2D eigenvalue weighted by Crippen LogP contribution is 2.25. The van der Waals surface area contributed by atoms with Gasteiger partial charge in [0.05, 0.1) is 5.69 Å². The highest BCUT2D eigenvalue weighted by Gasteiger charge is 2.26. The molecule has 3 rings (SSSR count). The topological polar surface area (TPSA) is 64.6 Å². The molecule has 27 heavy (non-hydrogen) atoms. The van der Waals surface area contributed by atoms with E-state index in [1.54, 1.807) is 24.3 Å². The zero-order valence-corrected chi connectivity index (χ0v) is 16.5. The third-order valence-corrected chi connectivity index (χ3v) is 5.52. The number of nitrogens with zero attached hydrogens (tertiary/aromatic N) is 1. The SMILES string of the molecule is Cc1cccc(NC(=S)N2CCC(C(=O)Nc3ccccc3O)CC2)c1C. The number of piperidine rings is 1. The molecule has 1 amide bonds. The van der Waals surface area contributed by atoms with Crippen molar-refractivity contribution in [3.8, 4) is 5.75 Å². The van der Waals surface area contributed by atoms with Crippen LogP contribution in [0.15, 0.2) is 42.5 Å². The molecule has 1 aliphatic heterocycles. The third-order valence-electron chi connectivity index (χ3n) is 5.16. The van der Waals surface area contributed by atoms with E-state index in [2.05, 4.69) is 35.4 Å². The molecule has 1 fully saturated rings. The summed E-state index contributed by atoms with van der Waals surface area (Å²) < 4.78 is 0. The van der Waals surface area contributed by atoms with Crippen LogP contribution in [0.2, 0.25) is 0 Å². The maximum atomic E-state index is 12.5. The van der Waals surface area contributed by atoms with E-state index in [0.29, 0.717) is 10.8 Å². The molecular formula is C21H25N3O2S. The van der Waals surface area contributed by atoms with Gasteiger partial charge < -0.3 is 20.6 Å². The first-order chi connectivity index (χ1) is 13.0. The number of carbonyl (C=O) groups excluding carboxylic acids is 1. The Balaban J connectivity index is 1.54. The van der Waals surface area contributed by atoms with E-state index < -0.39 is 0 Å². The predicted octanol–water partition coefficient (Wildman–Crippen LogP) is 4.06. The molecule has 3 N–H and O–H groups in total. The van der Waals surface area contributed by atoms with Crippen LogP contribution in [0, 0.1) is 19.8 Å². The summed E-state index contributed by atoms with van der Waals surface area (Å²) in [6, 6.07) is 12.9. The maximum absolute atomic E-state index is 12.5. The number of likely N-dealkylation sites (tertiary alicyclic amines) is 1. The molecule has 2 aromatic rings. The van der Waals surface area contributed by atoms with Crippen LogP contribution in [0.4, 0.5) is 11.4 Å². The summed E-state index contributed by atoms with van der Waals surface area (Å²) in [5.41, 5.74) is 3.90. The summed E-state index contributed by atoms with van der Waals surface area (Å²) in [7, 11) is 0. The number of thiocarbonyl (C=S) groups is 1. The average Bonchev–Trinajstić information content (AvgIpc) is 2.67. The lowest BCUT2D eigenvalue weighted by Gasteiger charge is -2.33. The van der Waals surface area contributed by atoms with Gasteiger partial charge >= 0.3 is 0 Å². The molecule has 0 radical (unpaired) electrons. The number of nitrogens with one attached hydrogen (secondary N) is 2. The van der Waals surface area contributed by atoms with Crippen LogP contribution in [0.5, 0.6) is 5.75 Å².